The molecule has 0 aliphatic heterocycles. The van der Waals surface area contributed by atoms with Gasteiger partial charge in [-0.25, -0.2) is 0 Å². The molecule has 0 aromatic heterocycles. The number of benzene rings is 2. The van der Waals surface area contributed by atoms with Crippen LogP contribution in [0, 0.1) is 6.92 Å². The van der Waals surface area contributed by atoms with Crippen molar-refractivity contribution >= 4 is 17.2 Å². The van der Waals surface area contributed by atoms with Gasteiger partial charge in [0.25, 0.3) is 0 Å². The highest BCUT2D eigenvalue weighted by molar-refractivity contribution is 5.97. The van der Waals surface area contributed by atoms with Crippen LogP contribution in [0.4, 0.5) is 11.4 Å². The van der Waals surface area contributed by atoms with E-state index in [0.717, 1.165) is 17.9 Å². The molecule has 20 heavy (non-hydrogen) atoms. The molecule has 3 heteroatoms. The van der Waals surface area contributed by atoms with Crippen molar-refractivity contribution in [1.29, 1.82) is 0 Å². The van der Waals surface area contributed by atoms with Gasteiger partial charge in [0, 0.05) is 24.0 Å². The van der Waals surface area contributed by atoms with E-state index in [9.17, 15) is 9.90 Å². The Labute approximate surface area is 119 Å². The van der Waals surface area contributed by atoms with E-state index < -0.39 is 0 Å². The molecule has 2 aromatic carbocycles. The first-order valence-electron chi connectivity index (χ1n) is 6.71. The van der Waals surface area contributed by atoms with E-state index in [1.165, 1.54) is 12.5 Å². The Bertz CT molecular complexity index is 635. The van der Waals surface area contributed by atoms with Gasteiger partial charge in [-0.3, -0.25) is 4.79 Å². The van der Waals surface area contributed by atoms with Crippen molar-refractivity contribution in [3.8, 4) is 5.75 Å². The van der Waals surface area contributed by atoms with Crippen molar-refractivity contribution in [2.75, 3.05) is 11.4 Å². The lowest BCUT2D eigenvalue weighted by Gasteiger charge is -2.24. The molecule has 0 unspecified atom stereocenters. The molecule has 104 valence electrons. The molecule has 0 heterocycles. The van der Waals surface area contributed by atoms with Crippen molar-refractivity contribution in [2.24, 2.45) is 0 Å². The number of ketones is 1. The number of phenolic OH excluding ortho intramolecular Hbond substituents is 1. The molecule has 0 aliphatic carbocycles. The number of carbonyl (C=O) groups excluding carboxylic acids is 1. The highest BCUT2D eigenvalue weighted by Crippen LogP contribution is 2.30. The first kappa shape index (κ1) is 14.1. The van der Waals surface area contributed by atoms with Crippen LogP contribution in [-0.2, 0) is 0 Å². The monoisotopic (exact) mass is 269 g/mol. The largest absolute Gasteiger partial charge is 0.507 e. The lowest BCUT2D eigenvalue weighted by atomic mass is 10.1. The number of Topliss-reactive ketones (excluding diaryl/α,β-unsaturated/α-hetero) is 1. The molecule has 0 atom stereocenters. The van der Waals surface area contributed by atoms with Crippen LogP contribution < -0.4 is 4.90 Å². The van der Waals surface area contributed by atoms with Crippen LogP contribution in [-0.4, -0.2) is 17.4 Å². The third-order valence-corrected chi connectivity index (χ3v) is 3.30. The van der Waals surface area contributed by atoms with Crippen molar-refractivity contribution in [1.82, 2.24) is 0 Å². The molecule has 0 saturated heterocycles. The molecular formula is C17H19NO2. The molecule has 0 spiro atoms. The van der Waals surface area contributed by atoms with Crippen LogP contribution in [0.1, 0.15) is 29.8 Å². The van der Waals surface area contributed by atoms with Crippen LogP contribution >= 0.6 is 0 Å². The zero-order chi connectivity index (χ0) is 14.7. The zero-order valence-electron chi connectivity index (χ0n) is 12.1. The molecule has 0 saturated carbocycles. The molecule has 0 bridgehead atoms. The second kappa shape index (κ2) is 5.78. The maximum atomic E-state index is 11.4. The van der Waals surface area contributed by atoms with Crippen molar-refractivity contribution in [3.63, 3.8) is 0 Å². The number of carbonyl (C=O) groups is 1. The summed E-state index contributed by atoms with van der Waals surface area (Å²) in [5, 5.41) is 9.96. The van der Waals surface area contributed by atoms with Crippen molar-refractivity contribution in [3.05, 3.63) is 53.6 Å². The third-order valence-electron chi connectivity index (χ3n) is 3.30. The van der Waals surface area contributed by atoms with Crippen molar-refractivity contribution < 1.29 is 9.90 Å². The molecular weight excluding hydrogens is 250 g/mol. The summed E-state index contributed by atoms with van der Waals surface area (Å²) in [6.45, 7) is 6.33. The van der Waals surface area contributed by atoms with Gasteiger partial charge in [-0.05, 0) is 50.6 Å². The van der Waals surface area contributed by atoms with Crippen LogP contribution in [0.2, 0.25) is 0 Å². The van der Waals surface area contributed by atoms with Crippen LogP contribution in [0.25, 0.3) is 0 Å². The Morgan fingerprint density at radius 3 is 2.40 bits per heavy atom. The topological polar surface area (TPSA) is 40.5 Å². The summed E-state index contributed by atoms with van der Waals surface area (Å²) in [6, 6.07) is 13.4. The number of aryl methyl sites for hydroxylation is 1. The van der Waals surface area contributed by atoms with Gasteiger partial charge in [0.05, 0.1) is 5.56 Å². The first-order chi connectivity index (χ1) is 9.52. The van der Waals surface area contributed by atoms with Gasteiger partial charge in [0.15, 0.2) is 5.78 Å². The number of aromatic hydroxyl groups is 1. The van der Waals surface area contributed by atoms with E-state index in [4.69, 9.17) is 0 Å². The van der Waals surface area contributed by atoms with Gasteiger partial charge < -0.3 is 10.0 Å². The predicted octanol–water partition coefficient (Wildman–Crippen LogP) is 4.06. The van der Waals surface area contributed by atoms with E-state index in [1.54, 1.807) is 12.1 Å². The highest BCUT2D eigenvalue weighted by Gasteiger charge is 2.12. The number of phenols is 1. The van der Waals surface area contributed by atoms with Gasteiger partial charge in [0.1, 0.15) is 5.75 Å². The molecule has 2 rings (SSSR count). The van der Waals surface area contributed by atoms with Gasteiger partial charge in [-0.2, -0.15) is 0 Å². The maximum Gasteiger partial charge on any atom is 0.163 e. The average Bonchev–Trinajstić information content (AvgIpc) is 2.39. The summed E-state index contributed by atoms with van der Waals surface area (Å²) in [5.74, 6) is -0.103. The summed E-state index contributed by atoms with van der Waals surface area (Å²) >= 11 is 0. The smallest absolute Gasteiger partial charge is 0.163 e. The lowest BCUT2D eigenvalue weighted by molar-refractivity contribution is 0.101. The van der Waals surface area contributed by atoms with E-state index in [-0.39, 0.29) is 11.5 Å². The summed E-state index contributed by atoms with van der Waals surface area (Å²) in [7, 11) is 0. The third kappa shape index (κ3) is 2.82. The Morgan fingerprint density at radius 1 is 1.15 bits per heavy atom. The van der Waals surface area contributed by atoms with Gasteiger partial charge >= 0.3 is 0 Å². The second-order valence-corrected chi connectivity index (χ2v) is 4.84. The number of rotatable bonds is 4. The van der Waals surface area contributed by atoms with Crippen molar-refractivity contribution in [2.45, 2.75) is 20.8 Å². The summed E-state index contributed by atoms with van der Waals surface area (Å²) < 4.78 is 0. The number of hydrogen-bond donors (Lipinski definition) is 1. The zero-order valence-corrected chi connectivity index (χ0v) is 12.1. The summed E-state index contributed by atoms with van der Waals surface area (Å²) in [6.07, 6.45) is 0. The molecule has 2 aromatic rings. The number of hydrogen-bond acceptors (Lipinski definition) is 3. The number of anilines is 2. The summed E-state index contributed by atoms with van der Waals surface area (Å²) in [5.41, 5.74) is 3.49. The Balaban J connectivity index is 2.42. The molecule has 1 N–H and O–H groups in total. The fourth-order valence-corrected chi connectivity index (χ4v) is 2.30. The minimum absolute atomic E-state index is 0.0288. The maximum absolute atomic E-state index is 11.4. The van der Waals surface area contributed by atoms with E-state index in [0.29, 0.717) is 5.56 Å². The highest BCUT2D eigenvalue weighted by atomic mass is 16.3. The normalized spacial score (nSPS) is 10.3. The lowest BCUT2D eigenvalue weighted by Crippen LogP contribution is -2.16. The van der Waals surface area contributed by atoms with Crippen LogP contribution in [0.3, 0.4) is 0 Å². The van der Waals surface area contributed by atoms with Gasteiger partial charge in [-0.1, -0.05) is 12.1 Å². The predicted molar refractivity (Wildman–Crippen MR) is 82.0 cm³/mol. The summed E-state index contributed by atoms with van der Waals surface area (Å²) in [4.78, 5) is 13.5. The fraction of sp³-hybridized carbons (Fsp3) is 0.235. The fourth-order valence-electron chi connectivity index (χ4n) is 2.30. The van der Waals surface area contributed by atoms with E-state index in [1.807, 2.05) is 31.2 Å². The Hall–Kier alpha value is -2.29. The minimum atomic E-state index is -0.132. The van der Waals surface area contributed by atoms with E-state index in [2.05, 4.69) is 17.9 Å². The molecule has 0 fully saturated rings. The van der Waals surface area contributed by atoms with Crippen LogP contribution in [0.5, 0.6) is 5.75 Å². The average molecular weight is 269 g/mol. The molecule has 3 nitrogen and oxygen atoms in total. The van der Waals surface area contributed by atoms with E-state index >= 15 is 0 Å². The SMILES string of the molecule is CCN(c1cccc(C)c1)c1ccc(C(C)=O)c(O)c1. The standard InChI is InChI=1S/C17H19NO2/c1-4-18(14-7-5-6-12(2)10-14)15-8-9-16(13(3)19)17(20)11-15/h5-11,20H,4H2,1-3H3. The number of nitrogens with zero attached hydrogens (tertiary/aromatic N) is 1. The molecule has 0 radical (unpaired) electrons. The van der Waals surface area contributed by atoms with Gasteiger partial charge in [-0.15, -0.1) is 0 Å². The quantitative estimate of drug-likeness (QED) is 0.851. The first-order valence-corrected chi connectivity index (χ1v) is 6.71. The molecule has 0 aliphatic rings. The second-order valence-electron chi connectivity index (χ2n) is 4.84. The minimum Gasteiger partial charge on any atom is -0.507 e. The van der Waals surface area contributed by atoms with Gasteiger partial charge in [0.2, 0.25) is 0 Å². The van der Waals surface area contributed by atoms with Crippen LogP contribution in [0.15, 0.2) is 42.5 Å². The molecule has 0 amide bonds. The Morgan fingerprint density at radius 2 is 1.85 bits per heavy atom. The Kier molecular flexibility index (Phi) is 4.08.